The van der Waals surface area contributed by atoms with Crippen LogP contribution in [-0.4, -0.2) is 29.2 Å². The molecule has 0 spiro atoms. The zero-order valence-electron chi connectivity index (χ0n) is 10.1. The second-order valence-corrected chi connectivity index (χ2v) is 6.92. The molecule has 0 amide bonds. The van der Waals surface area contributed by atoms with Gasteiger partial charge in [0.05, 0.1) is 11.7 Å². The van der Waals surface area contributed by atoms with Gasteiger partial charge in [0, 0.05) is 12.1 Å². The lowest BCUT2D eigenvalue weighted by Crippen LogP contribution is -2.43. The van der Waals surface area contributed by atoms with Gasteiger partial charge in [-0.2, -0.15) is 8.75 Å². The number of aromatic nitrogens is 2. The molecule has 19 heavy (non-hydrogen) atoms. The molecule has 1 aromatic heterocycles. The van der Waals surface area contributed by atoms with Gasteiger partial charge in [0.15, 0.2) is 0 Å². The van der Waals surface area contributed by atoms with Crippen molar-refractivity contribution in [3.63, 3.8) is 0 Å². The Labute approximate surface area is 115 Å². The molecular weight excluding hydrogens is 284 g/mol. The van der Waals surface area contributed by atoms with Gasteiger partial charge in [-0.25, -0.2) is 13.1 Å². The zero-order chi connectivity index (χ0) is 13.5. The molecule has 0 saturated heterocycles. The van der Waals surface area contributed by atoms with Crippen LogP contribution in [0.1, 0.15) is 19.3 Å². The molecule has 1 aromatic carbocycles. The first-order valence-electron chi connectivity index (χ1n) is 6.07. The van der Waals surface area contributed by atoms with E-state index in [-0.39, 0.29) is 17.0 Å². The largest absolute Gasteiger partial charge is 0.326 e. The van der Waals surface area contributed by atoms with E-state index in [0.29, 0.717) is 11.0 Å². The lowest BCUT2D eigenvalue weighted by atomic mass is 10.2. The maximum atomic E-state index is 12.4. The smallest absolute Gasteiger partial charge is 0.243 e. The van der Waals surface area contributed by atoms with Crippen molar-refractivity contribution in [1.29, 1.82) is 0 Å². The second-order valence-electron chi connectivity index (χ2n) is 4.71. The fourth-order valence-corrected chi connectivity index (χ4v) is 4.48. The summed E-state index contributed by atoms with van der Waals surface area (Å²) in [5, 5.41) is 0. The van der Waals surface area contributed by atoms with Crippen molar-refractivity contribution in [2.24, 2.45) is 5.73 Å². The van der Waals surface area contributed by atoms with Gasteiger partial charge in [-0.05, 0) is 25.0 Å². The number of nitrogens with one attached hydrogen (secondary N) is 1. The van der Waals surface area contributed by atoms with Gasteiger partial charge in [-0.1, -0.05) is 12.5 Å². The van der Waals surface area contributed by atoms with E-state index in [1.54, 1.807) is 18.2 Å². The molecule has 1 fully saturated rings. The summed E-state index contributed by atoms with van der Waals surface area (Å²) >= 11 is 1.01. The average molecular weight is 298 g/mol. The van der Waals surface area contributed by atoms with E-state index in [9.17, 15) is 8.42 Å². The minimum atomic E-state index is -3.60. The van der Waals surface area contributed by atoms with Crippen LogP contribution < -0.4 is 10.5 Å². The standard InChI is InChI=1S/C11H14N4O2S2/c12-7-3-1-4-8(7)15-19(16,17)10-6-2-5-9-11(10)14-18-13-9/h2,5-8,15H,1,3-4,12H2. The van der Waals surface area contributed by atoms with Crippen molar-refractivity contribution < 1.29 is 8.42 Å². The molecule has 2 atom stereocenters. The number of nitrogens with two attached hydrogens (primary N) is 1. The van der Waals surface area contributed by atoms with E-state index in [1.807, 2.05) is 0 Å². The highest BCUT2D eigenvalue weighted by Gasteiger charge is 2.30. The van der Waals surface area contributed by atoms with E-state index in [1.165, 1.54) is 0 Å². The summed E-state index contributed by atoms with van der Waals surface area (Å²) in [7, 11) is -3.60. The van der Waals surface area contributed by atoms with Crippen LogP contribution in [0.25, 0.3) is 11.0 Å². The number of rotatable bonds is 3. The van der Waals surface area contributed by atoms with Crippen LogP contribution in [0.2, 0.25) is 0 Å². The minimum Gasteiger partial charge on any atom is -0.326 e. The van der Waals surface area contributed by atoms with Crippen LogP contribution in [0.5, 0.6) is 0 Å². The number of hydrogen-bond donors (Lipinski definition) is 2. The minimum absolute atomic E-state index is 0.109. The lowest BCUT2D eigenvalue weighted by Gasteiger charge is -2.17. The Morgan fingerprint density at radius 1 is 1.32 bits per heavy atom. The Kier molecular flexibility index (Phi) is 3.25. The summed E-state index contributed by atoms with van der Waals surface area (Å²) in [6, 6.07) is 4.67. The molecule has 2 aromatic rings. The van der Waals surface area contributed by atoms with Crippen molar-refractivity contribution in [1.82, 2.24) is 13.5 Å². The summed E-state index contributed by atoms with van der Waals surface area (Å²) in [6.07, 6.45) is 2.60. The molecule has 1 heterocycles. The normalized spacial score (nSPS) is 24.1. The van der Waals surface area contributed by atoms with Crippen molar-refractivity contribution in [3.05, 3.63) is 18.2 Å². The molecule has 8 heteroatoms. The molecule has 1 aliphatic carbocycles. The van der Waals surface area contributed by atoms with Crippen LogP contribution in [0.3, 0.4) is 0 Å². The number of sulfonamides is 1. The molecule has 102 valence electrons. The van der Waals surface area contributed by atoms with Gasteiger partial charge in [0.2, 0.25) is 10.0 Å². The van der Waals surface area contributed by atoms with Crippen LogP contribution in [0.15, 0.2) is 23.1 Å². The average Bonchev–Trinajstić information content (AvgIpc) is 2.98. The fraction of sp³-hybridized carbons (Fsp3) is 0.455. The molecule has 3 rings (SSSR count). The molecule has 1 saturated carbocycles. The predicted molar refractivity (Wildman–Crippen MR) is 73.4 cm³/mol. The zero-order valence-corrected chi connectivity index (χ0v) is 11.7. The highest BCUT2D eigenvalue weighted by Crippen LogP contribution is 2.24. The quantitative estimate of drug-likeness (QED) is 0.875. The van der Waals surface area contributed by atoms with Gasteiger partial charge in [-0.3, -0.25) is 0 Å². The number of hydrogen-bond acceptors (Lipinski definition) is 6. The third-order valence-corrected chi connectivity index (χ3v) is 5.48. The van der Waals surface area contributed by atoms with E-state index in [4.69, 9.17) is 5.73 Å². The first-order chi connectivity index (χ1) is 9.08. The Morgan fingerprint density at radius 3 is 2.89 bits per heavy atom. The first-order valence-corrected chi connectivity index (χ1v) is 8.28. The molecule has 0 aliphatic heterocycles. The molecule has 6 nitrogen and oxygen atoms in total. The first kappa shape index (κ1) is 12.9. The summed E-state index contributed by atoms with van der Waals surface area (Å²) in [6.45, 7) is 0. The topological polar surface area (TPSA) is 98.0 Å². The van der Waals surface area contributed by atoms with Crippen LogP contribution >= 0.6 is 11.7 Å². The summed E-state index contributed by atoms with van der Waals surface area (Å²) in [5.41, 5.74) is 6.93. The van der Waals surface area contributed by atoms with E-state index < -0.39 is 10.0 Å². The van der Waals surface area contributed by atoms with Crippen LogP contribution in [-0.2, 0) is 10.0 Å². The third-order valence-electron chi connectivity index (χ3n) is 3.41. The Morgan fingerprint density at radius 2 is 2.16 bits per heavy atom. The van der Waals surface area contributed by atoms with Crippen molar-refractivity contribution in [2.75, 3.05) is 0 Å². The molecule has 1 aliphatic rings. The number of fused-ring (bicyclic) bond motifs is 1. The van der Waals surface area contributed by atoms with Gasteiger partial charge < -0.3 is 5.73 Å². The Balaban J connectivity index is 1.98. The van der Waals surface area contributed by atoms with Gasteiger partial charge in [0.25, 0.3) is 0 Å². The SMILES string of the molecule is NC1CCCC1NS(=O)(=O)c1cccc2nsnc12. The third kappa shape index (κ3) is 2.36. The highest BCUT2D eigenvalue weighted by molar-refractivity contribution is 7.89. The van der Waals surface area contributed by atoms with Crippen molar-refractivity contribution in [3.8, 4) is 0 Å². The summed E-state index contributed by atoms with van der Waals surface area (Å²) < 4.78 is 35.6. The van der Waals surface area contributed by atoms with E-state index in [0.717, 1.165) is 31.0 Å². The maximum Gasteiger partial charge on any atom is 0.243 e. The molecule has 2 unspecified atom stereocenters. The van der Waals surface area contributed by atoms with Crippen molar-refractivity contribution in [2.45, 2.75) is 36.2 Å². The summed E-state index contributed by atoms with van der Waals surface area (Å²) in [4.78, 5) is 0.179. The monoisotopic (exact) mass is 298 g/mol. The van der Waals surface area contributed by atoms with E-state index >= 15 is 0 Å². The highest BCUT2D eigenvalue weighted by atomic mass is 32.2. The van der Waals surface area contributed by atoms with Gasteiger partial charge in [-0.15, -0.1) is 0 Å². The number of nitrogens with zero attached hydrogens (tertiary/aromatic N) is 2. The van der Waals surface area contributed by atoms with Gasteiger partial charge >= 0.3 is 0 Å². The molecular formula is C11H14N4O2S2. The molecule has 3 N–H and O–H groups in total. The van der Waals surface area contributed by atoms with Crippen LogP contribution in [0.4, 0.5) is 0 Å². The number of benzene rings is 1. The Bertz CT molecular complexity index is 698. The maximum absolute atomic E-state index is 12.4. The Hall–Kier alpha value is -1.09. The second kappa shape index (κ2) is 4.78. The van der Waals surface area contributed by atoms with E-state index in [2.05, 4.69) is 13.5 Å². The molecule has 0 radical (unpaired) electrons. The lowest BCUT2D eigenvalue weighted by molar-refractivity contribution is 0.523. The van der Waals surface area contributed by atoms with Crippen molar-refractivity contribution >= 4 is 32.8 Å². The fourth-order valence-electron chi connectivity index (χ4n) is 2.40. The summed E-state index contributed by atoms with van der Waals surface area (Å²) in [5.74, 6) is 0. The predicted octanol–water partition coefficient (Wildman–Crippen LogP) is 0.849. The van der Waals surface area contributed by atoms with Crippen LogP contribution in [0, 0.1) is 0 Å². The van der Waals surface area contributed by atoms with Gasteiger partial charge in [0.1, 0.15) is 15.9 Å². The molecule has 0 bridgehead atoms.